The molecule has 3 aromatic rings. The van der Waals surface area contributed by atoms with E-state index >= 15 is 0 Å². The molecule has 1 amide bonds. The summed E-state index contributed by atoms with van der Waals surface area (Å²) < 4.78 is 45.3. The summed E-state index contributed by atoms with van der Waals surface area (Å²) in [6.07, 6.45) is 0. The first-order valence-corrected chi connectivity index (χ1v) is 12.3. The van der Waals surface area contributed by atoms with E-state index in [0.717, 1.165) is 17.3 Å². The monoisotopic (exact) mass is 478 g/mol. The SMILES string of the molecule is CCN(CC)S(=O)(=O)c1cccc(-c2nnc(SCC(=O)NCc3ccc(F)cc3)o2)c1. The molecule has 0 aliphatic rings. The Bertz CT molecular complexity index is 1160. The normalized spacial score (nSPS) is 11.6. The van der Waals surface area contributed by atoms with Gasteiger partial charge < -0.3 is 9.73 Å². The van der Waals surface area contributed by atoms with Crippen LogP contribution in [0.15, 0.2) is 63.1 Å². The number of thioether (sulfide) groups is 1. The third-order valence-electron chi connectivity index (χ3n) is 4.56. The molecule has 0 saturated carbocycles. The summed E-state index contributed by atoms with van der Waals surface area (Å²) >= 11 is 1.06. The lowest BCUT2D eigenvalue weighted by molar-refractivity contribution is -0.118. The molecule has 0 bridgehead atoms. The maximum atomic E-state index is 12.9. The molecule has 2 aromatic carbocycles. The highest BCUT2D eigenvalue weighted by atomic mass is 32.2. The van der Waals surface area contributed by atoms with Crippen molar-refractivity contribution in [3.63, 3.8) is 0 Å². The third kappa shape index (κ3) is 5.93. The van der Waals surface area contributed by atoms with Gasteiger partial charge in [-0.05, 0) is 35.9 Å². The molecular formula is C21H23FN4O4S2. The lowest BCUT2D eigenvalue weighted by Crippen LogP contribution is -2.30. The fourth-order valence-electron chi connectivity index (χ4n) is 2.87. The highest BCUT2D eigenvalue weighted by molar-refractivity contribution is 7.99. The number of hydrogen-bond acceptors (Lipinski definition) is 7. The molecule has 1 N–H and O–H groups in total. The van der Waals surface area contributed by atoms with Crippen LogP contribution in [0.2, 0.25) is 0 Å². The molecule has 1 aromatic heterocycles. The van der Waals surface area contributed by atoms with Gasteiger partial charge in [0, 0.05) is 25.2 Å². The molecule has 170 valence electrons. The summed E-state index contributed by atoms with van der Waals surface area (Å²) in [5.41, 5.74) is 1.25. The van der Waals surface area contributed by atoms with Crippen molar-refractivity contribution in [2.45, 2.75) is 30.5 Å². The van der Waals surface area contributed by atoms with E-state index in [0.29, 0.717) is 18.7 Å². The lowest BCUT2D eigenvalue weighted by atomic mass is 10.2. The molecule has 32 heavy (non-hydrogen) atoms. The minimum Gasteiger partial charge on any atom is -0.411 e. The van der Waals surface area contributed by atoms with Gasteiger partial charge in [-0.2, -0.15) is 4.31 Å². The lowest BCUT2D eigenvalue weighted by Gasteiger charge is -2.18. The van der Waals surface area contributed by atoms with E-state index in [1.54, 1.807) is 38.1 Å². The summed E-state index contributed by atoms with van der Waals surface area (Å²) in [7, 11) is -3.61. The van der Waals surface area contributed by atoms with Gasteiger partial charge in [-0.25, -0.2) is 12.8 Å². The summed E-state index contributed by atoms with van der Waals surface area (Å²) in [6.45, 7) is 4.58. The van der Waals surface area contributed by atoms with Gasteiger partial charge in [-0.1, -0.05) is 43.8 Å². The first-order valence-electron chi connectivity index (χ1n) is 9.91. The van der Waals surface area contributed by atoms with Crippen molar-refractivity contribution in [1.29, 1.82) is 0 Å². The smallest absolute Gasteiger partial charge is 0.277 e. The molecule has 0 aliphatic carbocycles. The number of halogens is 1. The number of aromatic nitrogens is 2. The van der Waals surface area contributed by atoms with Crippen LogP contribution in [-0.4, -0.2) is 47.7 Å². The van der Waals surface area contributed by atoms with Gasteiger partial charge in [-0.15, -0.1) is 10.2 Å². The van der Waals surface area contributed by atoms with E-state index in [2.05, 4.69) is 15.5 Å². The first-order chi connectivity index (χ1) is 15.3. The zero-order chi connectivity index (χ0) is 23.1. The van der Waals surface area contributed by atoms with E-state index in [1.165, 1.54) is 28.6 Å². The number of benzene rings is 2. The minimum atomic E-state index is -3.61. The molecule has 0 aliphatic heterocycles. The Morgan fingerprint density at radius 1 is 1.12 bits per heavy atom. The molecular weight excluding hydrogens is 455 g/mol. The largest absolute Gasteiger partial charge is 0.411 e. The topological polar surface area (TPSA) is 105 Å². The number of amides is 1. The quantitative estimate of drug-likeness (QED) is 0.446. The van der Waals surface area contributed by atoms with Crippen LogP contribution in [0.3, 0.4) is 0 Å². The second kappa shape index (κ2) is 10.7. The van der Waals surface area contributed by atoms with E-state index in [1.807, 2.05) is 0 Å². The molecule has 0 atom stereocenters. The second-order valence-electron chi connectivity index (χ2n) is 6.68. The van der Waals surface area contributed by atoms with Crippen molar-refractivity contribution < 1.29 is 22.0 Å². The van der Waals surface area contributed by atoms with Gasteiger partial charge in [-0.3, -0.25) is 4.79 Å². The highest BCUT2D eigenvalue weighted by Gasteiger charge is 2.22. The number of rotatable bonds is 10. The standard InChI is InChI=1S/C21H23FN4O4S2/c1-3-26(4-2)32(28,29)18-7-5-6-16(12-18)20-24-25-21(30-20)31-14-19(27)23-13-15-8-10-17(22)11-9-15/h5-12H,3-4,13-14H2,1-2H3,(H,23,27). The molecule has 0 fully saturated rings. The summed E-state index contributed by atoms with van der Waals surface area (Å²) in [5.74, 6) is -0.361. The van der Waals surface area contributed by atoms with Gasteiger partial charge in [0.05, 0.1) is 10.6 Å². The number of hydrogen-bond donors (Lipinski definition) is 1. The Hall–Kier alpha value is -2.76. The average molecular weight is 479 g/mol. The van der Waals surface area contributed by atoms with E-state index in [-0.39, 0.29) is 40.0 Å². The van der Waals surface area contributed by atoms with Crippen LogP contribution >= 0.6 is 11.8 Å². The van der Waals surface area contributed by atoms with Crippen LogP contribution < -0.4 is 5.32 Å². The predicted molar refractivity (Wildman–Crippen MR) is 119 cm³/mol. The van der Waals surface area contributed by atoms with E-state index < -0.39 is 10.0 Å². The molecule has 8 nitrogen and oxygen atoms in total. The fourth-order valence-corrected chi connectivity index (χ4v) is 4.97. The van der Waals surface area contributed by atoms with Gasteiger partial charge >= 0.3 is 0 Å². The summed E-state index contributed by atoms with van der Waals surface area (Å²) in [4.78, 5) is 12.2. The molecule has 0 radical (unpaired) electrons. The van der Waals surface area contributed by atoms with E-state index in [9.17, 15) is 17.6 Å². The Morgan fingerprint density at radius 2 is 1.84 bits per heavy atom. The van der Waals surface area contributed by atoms with Crippen molar-refractivity contribution >= 4 is 27.7 Å². The molecule has 0 spiro atoms. The van der Waals surface area contributed by atoms with Crippen molar-refractivity contribution in [3.8, 4) is 11.5 Å². The zero-order valence-corrected chi connectivity index (χ0v) is 19.2. The van der Waals surface area contributed by atoms with Crippen molar-refractivity contribution in [2.75, 3.05) is 18.8 Å². The van der Waals surface area contributed by atoms with Gasteiger partial charge in [0.2, 0.25) is 21.8 Å². The third-order valence-corrected chi connectivity index (χ3v) is 7.42. The zero-order valence-electron chi connectivity index (χ0n) is 17.6. The maximum Gasteiger partial charge on any atom is 0.277 e. The summed E-state index contributed by atoms with van der Waals surface area (Å²) in [5, 5.41) is 10.8. The molecule has 0 unspecified atom stereocenters. The maximum absolute atomic E-state index is 12.9. The number of nitrogens with one attached hydrogen (secondary N) is 1. The molecule has 1 heterocycles. The number of nitrogens with zero attached hydrogens (tertiary/aromatic N) is 3. The van der Waals surface area contributed by atoms with Gasteiger partial charge in [0.1, 0.15) is 5.82 Å². The van der Waals surface area contributed by atoms with Gasteiger partial charge in [0.15, 0.2) is 0 Å². The minimum absolute atomic E-state index is 0.0548. The Kier molecular flexibility index (Phi) is 7.99. The Morgan fingerprint density at radius 3 is 2.53 bits per heavy atom. The first kappa shape index (κ1) is 23.9. The van der Waals surface area contributed by atoms with Crippen LogP contribution in [0.4, 0.5) is 4.39 Å². The van der Waals surface area contributed by atoms with Crippen LogP contribution in [-0.2, 0) is 21.4 Å². The summed E-state index contributed by atoms with van der Waals surface area (Å²) in [6, 6.07) is 12.2. The Balaban J connectivity index is 1.61. The number of carbonyl (C=O) groups excluding carboxylic acids is 1. The van der Waals surface area contributed by atoms with Crippen LogP contribution in [0.1, 0.15) is 19.4 Å². The van der Waals surface area contributed by atoms with E-state index in [4.69, 9.17) is 4.42 Å². The molecule has 0 saturated heterocycles. The average Bonchev–Trinajstić information content (AvgIpc) is 3.27. The Labute approximate surface area is 190 Å². The number of carbonyl (C=O) groups is 1. The van der Waals surface area contributed by atoms with Crippen molar-refractivity contribution in [1.82, 2.24) is 19.8 Å². The van der Waals surface area contributed by atoms with Crippen molar-refractivity contribution in [2.24, 2.45) is 0 Å². The highest BCUT2D eigenvalue weighted by Crippen LogP contribution is 2.26. The van der Waals surface area contributed by atoms with Crippen LogP contribution in [0.25, 0.3) is 11.5 Å². The predicted octanol–water partition coefficient (Wildman–Crippen LogP) is 3.31. The molecule has 3 rings (SSSR count). The number of sulfonamides is 1. The van der Waals surface area contributed by atoms with Gasteiger partial charge in [0.25, 0.3) is 5.22 Å². The van der Waals surface area contributed by atoms with Crippen LogP contribution in [0.5, 0.6) is 0 Å². The molecule has 11 heteroatoms. The second-order valence-corrected chi connectivity index (χ2v) is 9.55. The van der Waals surface area contributed by atoms with Crippen molar-refractivity contribution in [3.05, 3.63) is 59.9 Å². The van der Waals surface area contributed by atoms with Crippen LogP contribution in [0, 0.1) is 5.82 Å². The fraction of sp³-hybridized carbons (Fsp3) is 0.286.